The van der Waals surface area contributed by atoms with Gasteiger partial charge in [0, 0.05) is 11.9 Å². The average Bonchev–Trinajstić information content (AvgIpc) is 2.21. The van der Waals surface area contributed by atoms with Crippen molar-refractivity contribution in [2.24, 2.45) is 17.8 Å². The summed E-state index contributed by atoms with van der Waals surface area (Å²) in [6.07, 6.45) is 2.65. The van der Waals surface area contributed by atoms with Crippen LogP contribution in [-0.2, 0) is 0 Å². The van der Waals surface area contributed by atoms with Gasteiger partial charge >= 0.3 is 0 Å². The molecule has 0 spiro atoms. The molecule has 1 unspecified atom stereocenters. The van der Waals surface area contributed by atoms with Crippen molar-refractivity contribution in [1.29, 1.82) is 0 Å². The zero-order valence-electron chi connectivity index (χ0n) is 11.8. The van der Waals surface area contributed by atoms with Crippen molar-refractivity contribution in [3.63, 3.8) is 0 Å². The molecule has 0 saturated carbocycles. The van der Waals surface area contributed by atoms with Crippen molar-refractivity contribution < 1.29 is 0 Å². The topological polar surface area (TPSA) is 3.24 Å². The van der Waals surface area contributed by atoms with Gasteiger partial charge in [0.1, 0.15) is 0 Å². The monoisotopic (exact) mass is 291 g/mol. The minimum Gasteiger partial charge on any atom is -0.303 e. The fourth-order valence-corrected chi connectivity index (χ4v) is 1.87. The number of alkyl halides is 1. The zero-order valence-corrected chi connectivity index (χ0v) is 13.4. The van der Waals surface area contributed by atoms with Crippen molar-refractivity contribution in [1.82, 2.24) is 4.90 Å². The minimum atomic E-state index is 0.763. The minimum absolute atomic E-state index is 0.763. The fraction of sp³-hybridized carbons (Fsp3) is 1.00. The van der Waals surface area contributed by atoms with Gasteiger partial charge in [-0.15, -0.1) is 0 Å². The van der Waals surface area contributed by atoms with Crippen LogP contribution in [0.3, 0.4) is 0 Å². The standard InChI is InChI=1S/C14H30BrN/c1-12(2)6-8-16(9-7-13(3)4)11-14(5)10-15/h12-14H,6-11H2,1-5H3. The Morgan fingerprint density at radius 1 is 0.875 bits per heavy atom. The molecule has 1 atom stereocenters. The van der Waals surface area contributed by atoms with E-state index in [-0.39, 0.29) is 0 Å². The lowest BCUT2D eigenvalue weighted by molar-refractivity contribution is 0.221. The normalized spacial score (nSPS) is 14.1. The molecule has 0 rings (SSSR count). The Labute approximate surface area is 111 Å². The predicted molar refractivity (Wildman–Crippen MR) is 78.3 cm³/mol. The van der Waals surface area contributed by atoms with Gasteiger partial charge in [0.25, 0.3) is 0 Å². The van der Waals surface area contributed by atoms with Crippen LogP contribution in [0.4, 0.5) is 0 Å². The molecule has 0 bridgehead atoms. The molecular formula is C14H30BrN. The number of rotatable bonds is 9. The number of halogens is 1. The molecule has 0 N–H and O–H groups in total. The number of nitrogens with zero attached hydrogens (tertiary/aromatic N) is 1. The summed E-state index contributed by atoms with van der Waals surface area (Å²) in [5, 5.41) is 1.12. The van der Waals surface area contributed by atoms with Crippen LogP contribution in [-0.4, -0.2) is 29.9 Å². The van der Waals surface area contributed by atoms with Crippen LogP contribution in [0, 0.1) is 17.8 Å². The molecule has 0 aromatic carbocycles. The van der Waals surface area contributed by atoms with Crippen LogP contribution >= 0.6 is 15.9 Å². The lowest BCUT2D eigenvalue weighted by atomic mass is 10.1. The quantitative estimate of drug-likeness (QED) is 0.569. The van der Waals surface area contributed by atoms with Crippen molar-refractivity contribution in [2.75, 3.05) is 25.0 Å². The second-order valence-electron chi connectivity index (χ2n) is 5.93. The van der Waals surface area contributed by atoms with E-state index in [1.54, 1.807) is 0 Å². The van der Waals surface area contributed by atoms with Crippen LogP contribution in [0.15, 0.2) is 0 Å². The van der Waals surface area contributed by atoms with Gasteiger partial charge in [-0.3, -0.25) is 0 Å². The van der Waals surface area contributed by atoms with E-state index in [1.165, 1.54) is 32.5 Å². The van der Waals surface area contributed by atoms with E-state index in [9.17, 15) is 0 Å². The smallest absolute Gasteiger partial charge is 0.00692 e. The van der Waals surface area contributed by atoms with Gasteiger partial charge in [-0.1, -0.05) is 50.5 Å². The van der Waals surface area contributed by atoms with Crippen LogP contribution in [0.1, 0.15) is 47.5 Å². The summed E-state index contributed by atoms with van der Waals surface area (Å²) in [6.45, 7) is 15.4. The summed E-state index contributed by atoms with van der Waals surface area (Å²) in [5.41, 5.74) is 0. The zero-order chi connectivity index (χ0) is 12.6. The highest BCUT2D eigenvalue weighted by Gasteiger charge is 2.10. The first-order valence-corrected chi connectivity index (χ1v) is 7.86. The third kappa shape index (κ3) is 9.65. The SMILES string of the molecule is CC(C)CCN(CCC(C)C)CC(C)CBr. The fourth-order valence-electron chi connectivity index (χ4n) is 1.67. The summed E-state index contributed by atoms with van der Waals surface area (Å²) in [5.74, 6) is 2.40. The molecule has 0 radical (unpaired) electrons. The molecular weight excluding hydrogens is 262 g/mol. The van der Waals surface area contributed by atoms with Crippen molar-refractivity contribution in [3.8, 4) is 0 Å². The van der Waals surface area contributed by atoms with Crippen molar-refractivity contribution >= 4 is 15.9 Å². The van der Waals surface area contributed by atoms with Gasteiger partial charge in [0.2, 0.25) is 0 Å². The van der Waals surface area contributed by atoms with Crippen molar-refractivity contribution in [2.45, 2.75) is 47.5 Å². The third-order valence-electron chi connectivity index (χ3n) is 2.88. The van der Waals surface area contributed by atoms with Crippen LogP contribution in [0.2, 0.25) is 0 Å². The first-order chi connectivity index (χ1) is 7.45. The van der Waals surface area contributed by atoms with E-state index < -0.39 is 0 Å². The van der Waals surface area contributed by atoms with Gasteiger partial charge in [0.05, 0.1) is 0 Å². The lowest BCUT2D eigenvalue weighted by Crippen LogP contribution is -2.32. The van der Waals surface area contributed by atoms with Gasteiger partial charge in [-0.05, 0) is 43.7 Å². The maximum Gasteiger partial charge on any atom is 0.00692 e. The predicted octanol–water partition coefficient (Wildman–Crippen LogP) is 4.41. The van der Waals surface area contributed by atoms with Gasteiger partial charge in [0.15, 0.2) is 0 Å². The van der Waals surface area contributed by atoms with E-state index in [0.29, 0.717) is 0 Å². The highest BCUT2D eigenvalue weighted by molar-refractivity contribution is 9.09. The molecule has 16 heavy (non-hydrogen) atoms. The Hall–Kier alpha value is 0.440. The van der Waals surface area contributed by atoms with E-state index in [0.717, 1.165) is 23.1 Å². The van der Waals surface area contributed by atoms with E-state index in [1.807, 2.05) is 0 Å². The second-order valence-corrected chi connectivity index (χ2v) is 6.57. The van der Waals surface area contributed by atoms with Crippen molar-refractivity contribution in [3.05, 3.63) is 0 Å². The average molecular weight is 292 g/mol. The Morgan fingerprint density at radius 3 is 1.62 bits per heavy atom. The first kappa shape index (κ1) is 16.4. The highest BCUT2D eigenvalue weighted by Crippen LogP contribution is 2.10. The second kappa shape index (κ2) is 9.47. The molecule has 0 amide bonds. The third-order valence-corrected chi connectivity index (χ3v) is 3.98. The molecule has 0 aliphatic heterocycles. The molecule has 0 saturated heterocycles. The Bertz CT molecular complexity index is 145. The Morgan fingerprint density at radius 2 is 1.31 bits per heavy atom. The van der Waals surface area contributed by atoms with E-state index >= 15 is 0 Å². The van der Waals surface area contributed by atoms with Crippen LogP contribution in [0.5, 0.6) is 0 Å². The number of hydrogen-bond acceptors (Lipinski definition) is 1. The maximum atomic E-state index is 3.58. The summed E-state index contributed by atoms with van der Waals surface area (Å²) < 4.78 is 0. The molecule has 0 aliphatic carbocycles. The van der Waals surface area contributed by atoms with E-state index in [2.05, 4.69) is 55.4 Å². The number of hydrogen-bond donors (Lipinski definition) is 0. The van der Waals surface area contributed by atoms with E-state index in [4.69, 9.17) is 0 Å². The molecule has 0 aliphatic rings. The van der Waals surface area contributed by atoms with Crippen LogP contribution < -0.4 is 0 Å². The maximum absolute atomic E-state index is 3.58. The Kier molecular flexibility index (Phi) is 9.73. The molecule has 98 valence electrons. The summed E-state index contributed by atoms with van der Waals surface area (Å²) in [7, 11) is 0. The molecule has 2 heteroatoms. The molecule has 0 fully saturated rings. The van der Waals surface area contributed by atoms with Gasteiger partial charge in [-0.2, -0.15) is 0 Å². The molecule has 0 heterocycles. The Balaban J connectivity index is 3.94. The lowest BCUT2D eigenvalue weighted by Gasteiger charge is -2.26. The summed E-state index contributed by atoms with van der Waals surface area (Å²) >= 11 is 3.58. The largest absolute Gasteiger partial charge is 0.303 e. The molecule has 0 aromatic heterocycles. The summed E-state index contributed by atoms with van der Waals surface area (Å²) in [6, 6.07) is 0. The summed E-state index contributed by atoms with van der Waals surface area (Å²) in [4.78, 5) is 2.64. The molecule has 1 nitrogen and oxygen atoms in total. The molecule has 0 aromatic rings. The first-order valence-electron chi connectivity index (χ1n) is 6.74. The highest BCUT2D eigenvalue weighted by atomic mass is 79.9. The van der Waals surface area contributed by atoms with Crippen LogP contribution in [0.25, 0.3) is 0 Å². The van der Waals surface area contributed by atoms with Gasteiger partial charge < -0.3 is 4.90 Å². The van der Waals surface area contributed by atoms with Gasteiger partial charge in [-0.25, -0.2) is 0 Å².